The molecule has 0 aliphatic rings. The molecular formula is C10H16N5O6P. The van der Waals surface area contributed by atoms with Gasteiger partial charge in [0.05, 0.1) is 12.8 Å². The Kier molecular flexibility index (Phi) is 4.81. The number of aromatic hydroxyl groups is 1. The highest BCUT2D eigenvalue weighted by Crippen LogP contribution is 2.35. The summed E-state index contributed by atoms with van der Waals surface area (Å²) >= 11 is 0. The summed E-state index contributed by atoms with van der Waals surface area (Å²) in [5, 5.41) is 9.78. The van der Waals surface area contributed by atoms with Gasteiger partial charge in [0, 0.05) is 13.7 Å². The van der Waals surface area contributed by atoms with Gasteiger partial charge in [-0.25, -0.2) is 0 Å². The summed E-state index contributed by atoms with van der Waals surface area (Å²) in [6, 6.07) is -0.502. The van der Waals surface area contributed by atoms with E-state index in [1.165, 1.54) is 7.11 Å². The molecule has 0 saturated heterocycles. The van der Waals surface area contributed by atoms with Gasteiger partial charge in [0.15, 0.2) is 17.0 Å². The van der Waals surface area contributed by atoms with E-state index in [-0.39, 0.29) is 36.1 Å². The zero-order valence-corrected chi connectivity index (χ0v) is 12.6. The molecule has 5 N–H and O–H groups in total. The van der Waals surface area contributed by atoms with Gasteiger partial charge in [-0.2, -0.15) is 15.0 Å². The number of fused-ring (bicyclic) bond motifs is 1. The molecule has 2 heterocycles. The van der Waals surface area contributed by atoms with E-state index in [9.17, 15) is 9.67 Å². The summed E-state index contributed by atoms with van der Waals surface area (Å²) in [6.07, 6.45) is -0.476. The van der Waals surface area contributed by atoms with Gasteiger partial charge in [0.1, 0.15) is 6.61 Å². The van der Waals surface area contributed by atoms with E-state index in [0.717, 1.165) is 4.57 Å². The monoisotopic (exact) mass is 333 g/mol. The highest BCUT2D eigenvalue weighted by atomic mass is 31.2. The summed E-state index contributed by atoms with van der Waals surface area (Å²) in [7, 11) is -2.72. The molecular weight excluding hydrogens is 317 g/mol. The van der Waals surface area contributed by atoms with E-state index >= 15 is 0 Å². The quantitative estimate of drug-likeness (QED) is 0.376. The molecule has 122 valence electrons. The number of aromatic nitrogens is 4. The summed E-state index contributed by atoms with van der Waals surface area (Å²) in [5.74, 6) is -0.0114. The number of hydrogen-bond donors (Lipinski definition) is 4. The number of anilines is 1. The maximum atomic E-state index is 11.0. The fourth-order valence-corrected chi connectivity index (χ4v) is 2.17. The lowest BCUT2D eigenvalue weighted by molar-refractivity contribution is 0.141. The van der Waals surface area contributed by atoms with Crippen LogP contribution in [0, 0.1) is 0 Å². The van der Waals surface area contributed by atoms with Gasteiger partial charge in [-0.3, -0.25) is 9.13 Å². The second-order valence-electron chi connectivity index (χ2n) is 4.36. The molecule has 2 rings (SSSR count). The van der Waals surface area contributed by atoms with Crippen LogP contribution in [-0.4, -0.2) is 60.9 Å². The van der Waals surface area contributed by atoms with Crippen molar-refractivity contribution in [3.8, 4) is 12.0 Å². The summed E-state index contributed by atoms with van der Waals surface area (Å²) in [6.45, 7) is 0.342. The molecule has 0 aliphatic carbocycles. The number of aryl methyl sites for hydroxylation is 1. The van der Waals surface area contributed by atoms with Gasteiger partial charge in [0.25, 0.3) is 6.01 Å². The van der Waals surface area contributed by atoms with Gasteiger partial charge >= 0.3 is 13.6 Å². The Hall–Kier alpha value is -1.94. The summed E-state index contributed by atoms with van der Waals surface area (Å²) in [4.78, 5) is 29.6. The molecule has 0 unspecified atom stereocenters. The summed E-state index contributed by atoms with van der Waals surface area (Å²) < 4.78 is 22.2. The van der Waals surface area contributed by atoms with Crippen LogP contribution in [0.15, 0.2) is 0 Å². The standard InChI is InChI=1S/C10H16N5O6P/c1-20-3-4-21-9-13-7(11)6-8(14-9)15(10(16)12-6)2-5-22(17,18)19/h2-5H2,1H3,(H,12,16)(H2,11,13,14)(H2,17,18,19). The highest BCUT2D eigenvalue weighted by molar-refractivity contribution is 7.51. The van der Waals surface area contributed by atoms with Gasteiger partial charge in [-0.1, -0.05) is 0 Å². The Bertz CT molecular complexity index is 713. The largest absolute Gasteiger partial charge is 0.480 e. The van der Waals surface area contributed by atoms with Crippen LogP contribution in [0.2, 0.25) is 0 Å². The van der Waals surface area contributed by atoms with Crippen molar-refractivity contribution in [1.82, 2.24) is 19.5 Å². The van der Waals surface area contributed by atoms with Crippen molar-refractivity contribution in [1.29, 1.82) is 0 Å². The number of rotatable bonds is 7. The van der Waals surface area contributed by atoms with Gasteiger partial charge in [-0.15, -0.1) is 0 Å². The molecule has 0 amide bonds. The second kappa shape index (κ2) is 6.44. The molecule has 0 saturated carbocycles. The number of imidazole rings is 1. The van der Waals surface area contributed by atoms with Gasteiger partial charge in [-0.05, 0) is 0 Å². The number of nitrogens with zero attached hydrogens (tertiary/aromatic N) is 4. The molecule has 11 nitrogen and oxygen atoms in total. The molecule has 0 radical (unpaired) electrons. The topological polar surface area (TPSA) is 166 Å². The lowest BCUT2D eigenvalue weighted by Crippen LogP contribution is -2.09. The zero-order chi connectivity index (χ0) is 16.3. The first-order valence-electron chi connectivity index (χ1n) is 6.21. The molecule has 2 aromatic heterocycles. The van der Waals surface area contributed by atoms with Crippen LogP contribution in [0.3, 0.4) is 0 Å². The van der Waals surface area contributed by atoms with Crippen LogP contribution in [0.5, 0.6) is 12.0 Å². The first-order valence-corrected chi connectivity index (χ1v) is 8.00. The number of nitrogen functional groups attached to an aromatic ring is 1. The molecule has 0 fully saturated rings. The van der Waals surface area contributed by atoms with Gasteiger partial charge in [0.2, 0.25) is 0 Å². The Labute approximate surface area is 124 Å². The lowest BCUT2D eigenvalue weighted by Gasteiger charge is -2.08. The van der Waals surface area contributed by atoms with Crippen molar-refractivity contribution in [2.75, 3.05) is 32.2 Å². The van der Waals surface area contributed by atoms with Crippen molar-refractivity contribution in [2.45, 2.75) is 6.54 Å². The summed E-state index contributed by atoms with van der Waals surface area (Å²) in [5.41, 5.74) is 5.98. The fraction of sp³-hybridized carbons (Fsp3) is 0.500. The average Bonchev–Trinajstić information content (AvgIpc) is 2.73. The first-order chi connectivity index (χ1) is 10.3. The van der Waals surface area contributed by atoms with E-state index in [4.69, 9.17) is 25.0 Å². The third kappa shape index (κ3) is 3.83. The maximum Gasteiger partial charge on any atom is 0.327 e. The molecule has 2 aromatic rings. The molecule has 0 aromatic carbocycles. The zero-order valence-electron chi connectivity index (χ0n) is 11.7. The third-order valence-corrected chi connectivity index (χ3v) is 3.50. The van der Waals surface area contributed by atoms with E-state index in [2.05, 4.69) is 15.0 Å². The smallest absolute Gasteiger partial charge is 0.327 e. The maximum absolute atomic E-state index is 11.0. The SMILES string of the molecule is COCCOc1nc(N)c2nc(O)n(CCP(=O)(O)O)c2n1. The van der Waals surface area contributed by atoms with Crippen LogP contribution in [0.1, 0.15) is 0 Å². The fourth-order valence-electron chi connectivity index (χ4n) is 1.71. The number of hydrogen-bond acceptors (Lipinski definition) is 8. The minimum atomic E-state index is -4.23. The predicted molar refractivity (Wildman–Crippen MR) is 75.7 cm³/mol. The second-order valence-corrected chi connectivity index (χ2v) is 6.13. The van der Waals surface area contributed by atoms with Crippen LogP contribution < -0.4 is 10.5 Å². The van der Waals surface area contributed by atoms with Crippen molar-refractivity contribution in [3.63, 3.8) is 0 Å². The van der Waals surface area contributed by atoms with E-state index < -0.39 is 19.8 Å². The normalized spacial score (nSPS) is 12.0. The van der Waals surface area contributed by atoms with Crippen molar-refractivity contribution < 1.29 is 28.9 Å². The van der Waals surface area contributed by atoms with Crippen molar-refractivity contribution in [3.05, 3.63) is 0 Å². The van der Waals surface area contributed by atoms with Gasteiger partial charge < -0.3 is 30.1 Å². The number of nitrogens with two attached hydrogens (primary N) is 1. The Morgan fingerprint density at radius 1 is 1.27 bits per heavy atom. The minimum absolute atomic E-state index is 0.0114. The van der Waals surface area contributed by atoms with Crippen molar-refractivity contribution in [2.24, 2.45) is 0 Å². The Balaban J connectivity index is 2.34. The van der Waals surface area contributed by atoms with E-state index in [1.54, 1.807) is 0 Å². The predicted octanol–water partition coefficient (Wildman–Crippen LogP) is -0.683. The first kappa shape index (κ1) is 16.4. The highest BCUT2D eigenvalue weighted by Gasteiger charge is 2.20. The molecule has 0 atom stereocenters. The Morgan fingerprint density at radius 3 is 2.64 bits per heavy atom. The molecule has 0 bridgehead atoms. The lowest BCUT2D eigenvalue weighted by atomic mass is 10.5. The van der Waals surface area contributed by atoms with Crippen LogP contribution in [-0.2, 0) is 15.8 Å². The molecule has 0 spiro atoms. The molecule has 22 heavy (non-hydrogen) atoms. The van der Waals surface area contributed by atoms with E-state index in [0.29, 0.717) is 6.61 Å². The van der Waals surface area contributed by atoms with Crippen LogP contribution >= 0.6 is 7.60 Å². The molecule has 12 heteroatoms. The van der Waals surface area contributed by atoms with Crippen molar-refractivity contribution >= 4 is 24.6 Å². The number of ether oxygens (including phenoxy) is 2. The van der Waals surface area contributed by atoms with Crippen LogP contribution in [0.25, 0.3) is 11.2 Å². The van der Waals surface area contributed by atoms with Crippen LogP contribution in [0.4, 0.5) is 5.82 Å². The third-order valence-electron chi connectivity index (χ3n) is 2.71. The molecule has 0 aliphatic heterocycles. The van der Waals surface area contributed by atoms with E-state index in [1.807, 2.05) is 0 Å². The minimum Gasteiger partial charge on any atom is -0.480 e. The average molecular weight is 333 g/mol. The number of methoxy groups -OCH3 is 1. The Morgan fingerprint density at radius 2 is 2.00 bits per heavy atom.